The molecule has 0 spiro atoms. The Balaban J connectivity index is 2.91. The van der Waals surface area contributed by atoms with Gasteiger partial charge in [0.25, 0.3) is 0 Å². The third-order valence-corrected chi connectivity index (χ3v) is 2.18. The lowest BCUT2D eigenvalue weighted by molar-refractivity contribution is -0.118. The first kappa shape index (κ1) is 7.40. The lowest BCUT2D eigenvalue weighted by atomic mass is 10.2. The zero-order valence-corrected chi connectivity index (χ0v) is 6.81. The zero-order chi connectivity index (χ0) is 7.72. The fourth-order valence-electron chi connectivity index (χ4n) is 0.603. The Kier molecular flexibility index (Phi) is 1.85. The van der Waals surface area contributed by atoms with Crippen molar-refractivity contribution >= 4 is 33.6 Å². The van der Waals surface area contributed by atoms with Crippen LogP contribution in [0.1, 0.15) is 6.92 Å². The van der Waals surface area contributed by atoms with Gasteiger partial charge in [-0.25, -0.2) is 9.79 Å². The average molecular weight is 205 g/mol. The Morgan fingerprint density at radius 1 is 1.60 bits per heavy atom. The fraction of sp³-hybridized carbons (Fsp3) is 0.400. The topological polar surface area (TPSA) is 58.5 Å². The Morgan fingerprint density at radius 2 is 2.20 bits per heavy atom. The van der Waals surface area contributed by atoms with Crippen molar-refractivity contribution in [2.24, 2.45) is 4.99 Å². The number of rotatable bonds is 0. The lowest BCUT2D eigenvalue weighted by Gasteiger charge is -2.12. The summed E-state index contributed by atoms with van der Waals surface area (Å²) in [5.41, 5.74) is 0.494. The maximum Gasteiger partial charge on any atom is 0.347 e. The number of nitrogens with zero attached hydrogens (tertiary/aromatic N) is 1. The summed E-state index contributed by atoms with van der Waals surface area (Å²) in [7, 11) is 0. The van der Waals surface area contributed by atoms with Crippen LogP contribution in [0.15, 0.2) is 4.99 Å². The SMILES string of the molecule is CC1=NC(=O)NC(=O)C1Br. The van der Waals surface area contributed by atoms with Crippen molar-refractivity contribution in [2.75, 3.05) is 0 Å². The van der Waals surface area contributed by atoms with Crippen LogP contribution in [0.25, 0.3) is 0 Å². The fourth-order valence-corrected chi connectivity index (χ4v) is 0.820. The molecule has 5 heteroatoms. The molecule has 0 aromatic rings. The van der Waals surface area contributed by atoms with E-state index in [-0.39, 0.29) is 5.91 Å². The van der Waals surface area contributed by atoms with E-state index in [0.717, 1.165) is 0 Å². The highest BCUT2D eigenvalue weighted by Gasteiger charge is 2.24. The Hall–Kier alpha value is -0.710. The summed E-state index contributed by atoms with van der Waals surface area (Å²) in [6, 6.07) is -0.585. The third-order valence-electron chi connectivity index (χ3n) is 1.11. The Labute approximate surface area is 65.8 Å². The number of nitrogens with one attached hydrogen (secondary N) is 1. The van der Waals surface area contributed by atoms with Crippen LogP contribution in [0.4, 0.5) is 4.79 Å². The highest BCUT2D eigenvalue weighted by atomic mass is 79.9. The second-order valence-corrected chi connectivity index (χ2v) is 2.83. The van der Waals surface area contributed by atoms with E-state index in [2.05, 4.69) is 20.9 Å². The first-order valence-corrected chi connectivity index (χ1v) is 3.57. The Morgan fingerprint density at radius 3 is 2.70 bits per heavy atom. The van der Waals surface area contributed by atoms with Crippen molar-refractivity contribution in [1.29, 1.82) is 0 Å². The van der Waals surface area contributed by atoms with Crippen LogP contribution in [0, 0.1) is 0 Å². The molecule has 0 aromatic carbocycles. The van der Waals surface area contributed by atoms with E-state index in [4.69, 9.17) is 0 Å². The van der Waals surface area contributed by atoms with Crippen LogP contribution >= 0.6 is 15.9 Å². The smallest absolute Gasteiger partial charge is 0.275 e. The number of hydrogen-bond acceptors (Lipinski definition) is 2. The largest absolute Gasteiger partial charge is 0.347 e. The molecule has 3 amide bonds. The molecule has 0 aliphatic carbocycles. The summed E-state index contributed by atoms with van der Waals surface area (Å²) in [5, 5.41) is 2.05. The molecule has 1 aliphatic heterocycles. The van der Waals surface area contributed by atoms with Crippen molar-refractivity contribution in [3.63, 3.8) is 0 Å². The lowest BCUT2D eigenvalue weighted by Crippen LogP contribution is -2.42. The van der Waals surface area contributed by atoms with Gasteiger partial charge in [-0.2, -0.15) is 0 Å². The first-order valence-electron chi connectivity index (χ1n) is 2.65. The second kappa shape index (κ2) is 2.49. The number of amides is 3. The summed E-state index contributed by atoms with van der Waals surface area (Å²) in [6.45, 7) is 1.62. The van der Waals surface area contributed by atoms with E-state index in [1.54, 1.807) is 6.92 Å². The van der Waals surface area contributed by atoms with Crippen molar-refractivity contribution in [3.8, 4) is 0 Å². The molecule has 54 valence electrons. The molecule has 4 nitrogen and oxygen atoms in total. The number of alkyl halides is 1. The minimum absolute atomic E-state index is 0.350. The van der Waals surface area contributed by atoms with Gasteiger partial charge in [0.1, 0.15) is 4.83 Å². The van der Waals surface area contributed by atoms with E-state index in [1.807, 2.05) is 5.32 Å². The van der Waals surface area contributed by atoms with Crippen LogP contribution < -0.4 is 5.32 Å². The van der Waals surface area contributed by atoms with E-state index in [1.165, 1.54) is 0 Å². The van der Waals surface area contributed by atoms with Crippen molar-refractivity contribution < 1.29 is 9.59 Å². The summed E-state index contributed by atoms with van der Waals surface area (Å²) in [6.07, 6.45) is 0. The Bertz CT molecular complexity index is 224. The number of urea groups is 1. The van der Waals surface area contributed by atoms with Gasteiger partial charge in [0.05, 0.1) is 0 Å². The zero-order valence-electron chi connectivity index (χ0n) is 5.22. The molecule has 1 N–H and O–H groups in total. The number of carbonyl (C=O) groups excluding carboxylic acids is 2. The maximum atomic E-state index is 10.8. The van der Waals surface area contributed by atoms with Gasteiger partial charge in [-0.05, 0) is 6.92 Å². The monoisotopic (exact) mass is 204 g/mol. The van der Waals surface area contributed by atoms with Gasteiger partial charge >= 0.3 is 6.03 Å². The molecule has 1 heterocycles. The highest BCUT2D eigenvalue weighted by Crippen LogP contribution is 2.06. The molecule has 0 radical (unpaired) electrons. The van der Waals surface area contributed by atoms with Crippen LogP contribution in [0.5, 0.6) is 0 Å². The molecule has 0 aromatic heterocycles. The standard InChI is InChI=1S/C5H5BrN2O2/c1-2-3(6)4(9)8-5(10)7-2/h3H,1H3,(H,8,9,10). The molecule has 0 fully saturated rings. The molecular formula is C5H5BrN2O2. The van der Waals surface area contributed by atoms with E-state index in [9.17, 15) is 9.59 Å². The number of imide groups is 1. The van der Waals surface area contributed by atoms with Gasteiger partial charge in [0.2, 0.25) is 5.91 Å². The molecule has 0 saturated carbocycles. The van der Waals surface area contributed by atoms with Crippen molar-refractivity contribution in [2.45, 2.75) is 11.8 Å². The van der Waals surface area contributed by atoms with Crippen LogP contribution in [0.2, 0.25) is 0 Å². The van der Waals surface area contributed by atoms with Gasteiger partial charge in [-0.15, -0.1) is 0 Å². The van der Waals surface area contributed by atoms with Gasteiger partial charge in [-0.1, -0.05) is 15.9 Å². The molecule has 0 bridgehead atoms. The van der Waals surface area contributed by atoms with Gasteiger partial charge in [-0.3, -0.25) is 10.1 Å². The summed E-state index contributed by atoms with van der Waals surface area (Å²) >= 11 is 3.05. The summed E-state index contributed by atoms with van der Waals surface area (Å²) in [5.74, 6) is -0.350. The molecule has 0 saturated heterocycles. The van der Waals surface area contributed by atoms with E-state index >= 15 is 0 Å². The molecule has 1 atom stereocenters. The number of hydrogen-bond donors (Lipinski definition) is 1. The van der Waals surface area contributed by atoms with E-state index < -0.39 is 10.9 Å². The average Bonchev–Trinajstić information content (AvgIpc) is 1.82. The highest BCUT2D eigenvalue weighted by molar-refractivity contribution is 9.10. The summed E-state index contributed by atoms with van der Waals surface area (Å²) < 4.78 is 0. The normalized spacial score (nSPS) is 25.8. The molecule has 10 heavy (non-hydrogen) atoms. The van der Waals surface area contributed by atoms with Gasteiger partial charge < -0.3 is 0 Å². The summed E-state index contributed by atoms with van der Waals surface area (Å²) in [4.78, 5) is 24.3. The predicted molar refractivity (Wildman–Crippen MR) is 39.4 cm³/mol. The molecular weight excluding hydrogens is 200 g/mol. The molecule has 1 unspecified atom stereocenters. The van der Waals surface area contributed by atoms with E-state index in [0.29, 0.717) is 5.71 Å². The number of aliphatic imine (C=N–C) groups is 1. The number of halogens is 1. The number of carbonyl (C=O) groups is 2. The quantitative estimate of drug-likeness (QED) is 0.584. The van der Waals surface area contributed by atoms with Crippen LogP contribution in [0.3, 0.4) is 0 Å². The minimum atomic E-state index is -0.585. The van der Waals surface area contributed by atoms with Crippen molar-refractivity contribution in [3.05, 3.63) is 0 Å². The predicted octanol–water partition coefficient (Wildman–Crippen LogP) is 0.461. The second-order valence-electron chi connectivity index (χ2n) is 1.91. The first-order chi connectivity index (χ1) is 4.61. The molecule has 1 aliphatic rings. The van der Waals surface area contributed by atoms with Crippen LogP contribution in [-0.2, 0) is 4.79 Å². The third kappa shape index (κ3) is 1.23. The minimum Gasteiger partial charge on any atom is -0.275 e. The molecule has 1 rings (SSSR count). The van der Waals surface area contributed by atoms with Gasteiger partial charge in [0.15, 0.2) is 0 Å². The van der Waals surface area contributed by atoms with Gasteiger partial charge in [0, 0.05) is 5.71 Å². The van der Waals surface area contributed by atoms with Crippen molar-refractivity contribution in [1.82, 2.24) is 5.32 Å². The van der Waals surface area contributed by atoms with Crippen LogP contribution in [-0.4, -0.2) is 22.5 Å². The maximum absolute atomic E-state index is 10.8.